The summed E-state index contributed by atoms with van der Waals surface area (Å²) in [4.78, 5) is 6.82. The summed E-state index contributed by atoms with van der Waals surface area (Å²) in [6.45, 7) is 7.85. The molecule has 124 valence electrons. The van der Waals surface area contributed by atoms with Crippen molar-refractivity contribution in [3.05, 3.63) is 23.4 Å². The fraction of sp³-hybridized carbons (Fsp3) is 0.750. The fourth-order valence-electron chi connectivity index (χ4n) is 3.44. The van der Waals surface area contributed by atoms with Crippen LogP contribution in [0.5, 0.6) is 0 Å². The minimum atomic E-state index is 0.531. The number of piperidine rings is 1. The third-order valence-corrected chi connectivity index (χ3v) is 4.76. The standard InChI is InChI=1S/C16H24N6O/c1-11-17-12(2)22(20-11)9-13-4-3-7-21(8-13)10-15-18-19-16(23-15)14-5-6-14/h13-14H,3-10H2,1-2H3/t13-/m1/s1. The van der Waals surface area contributed by atoms with Gasteiger partial charge in [0, 0.05) is 19.0 Å². The summed E-state index contributed by atoms with van der Waals surface area (Å²) in [7, 11) is 0. The number of hydrogen-bond donors (Lipinski definition) is 0. The van der Waals surface area contributed by atoms with Gasteiger partial charge in [0.05, 0.1) is 6.54 Å². The van der Waals surface area contributed by atoms with Gasteiger partial charge in [-0.15, -0.1) is 10.2 Å². The van der Waals surface area contributed by atoms with Gasteiger partial charge in [-0.05, 0) is 52.0 Å². The van der Waals surface area contributed by atoms with Crippen molar-refractivity contribution < 1.29 is 4.42 Å². The molecular weight excluding hydrogens is 292 g/mol. The Hall–Kier alpha value is -1.76. The van der Waals surface area contributed by atoms with Crippen LogP contribution in [0.25, 0.3) is 0 Å². The molecule has 1 saturated carbocycles. The lowest BCUT2D eigenvalue weighted by Gasteiger charge is -2.31. The molecule has 0 N–H and O–H groups in total. The minimum absolute atomic E-state index is 0.531. The number of nitrogens with zero attached hydrogens (tertiary/aromatic N) is 6. The quantitative estimate of drug-likeness (QED) is 0.841. The van der Waals surface area contributed by atoms with Gasteiger partial charge in [0.1, 0.15) is 11.6 Å². The summed E-state index contributed by atoms with van der Waals surface area (Å²) in [5, 5.41) is 12.9. The molecule has 2 aliphatic rings. The van der Waals surface area contributed by atoms with Crippen LogP contribution >= 0.6 is 0 Å². The van der Waals surface area contributed by atoms with Gasteiger partial charge in [0.25, 0.3) is 0 Å². The average molecular weight is 316 g/mol. The minimum Gasteiger partial charge on any atom is -0.424 e. The summed E-state index contributed by atoms with van der Waals surface area (Å²) < 4.78 is 7.84. The fourth-order valence-corrected chi connectivity index (χ4v) is 3.44. The first-order valence-corrected chi connectivity index (χ1v) is 8.60. The second-order valence-corrected chi connectivity index (χ2v) is 6.94. The molecule has 1 aliphatic carbocycles. The van der Waals surface area contributed by atoms with Crippen molar-refractivity contribution in [2.75, 3.05) is 13.1 Å². The number of rotatable bonds is 5. The molecule has 23 heavy (non-hydrogen) atoms. The third-order valence-electron chi connectivity index (χ3n) is 4.76. The Balaban J connectivity index is 1.35. The molecule has 0 unspecified atom stereocenters. The van der Waals surface area contributed by atoms with E-state index in [-0.39, 0.29) is 0 Å². The van der Waals surface area contributed by atoms with Gasteiger partial charge in [-0.25, -0.2) is 9.67 Å². The van der Waals surface area contributed by atoms with Gasteiger partial charge in [-0.1, -0.05) is 0 Å². The smallest absolute Gasteiger partial charge is 0.230 e. The first-order chi connectivity index (χ1) is 11.2. The van der Waals surface area contributed by atoms with Gasteiger partial charge in [0.2, 0.25) is 11.8 Å². The molecule has 0 spiro atoms. The van der Waals surface area contributed by atoms with Crippen molar-refractivity contribution >= 4 is 0 Å². The maximum Gasteiger partial charge on any atom is 0.230 e. The van der Waals surface area contributed by atoms with E-state index in [4.69, 9.17) is 4.42 Å². The molecule has 3 heterocycles. The van der Waals surface area contributed by atoms with E-state index in [1.54, 1.807) is 0 Å². The number of aryl methyl sites for hydroxylation is 2. The Bertz CT molecular complexity index is 674. The maximum absolute atomic E-state index is 5.79. The lowest BCUT2D eigenvalue weighted by Crippen LogP contribution is -2.37. The van der Waals surface area contributed by atoms with Gasteiger partial charge in [-0.2, -0.15) is 5.10 Å². The lowest BCUT2D eigenvalue weighted by molar-refractivity contribution is 0.141. The van der Waals surface area contributed by atoms with Gasteiger partial charge < -0.3 is 4.42 Å². The summed E-state index contributed by atoms with van der Waals surface area (Å²) in [5.74, 6) is 4.60. The van der Waals surface area contributed by atoms with Crippen LogP contribution in [-0.4, -0.2) is 43.0 Å². The SMILES string of the molecule is Cc1nc(C)n(C[C@@H]2CCCN(Cc3nnc(C4CC4)o3)C2)n1. The van der Waals surface area contributed by atoms with E-state index in [0.717, 1.165) is 49.6 Å². The summed E-state index contributed by atoms with van der Waals surface area (Å²) >= 11 is 0. The highest BCUT2D eigenvalue weighted by Crippen LogP contribution is 2.39. The van der Waals surface area contributed by atoms with Crippen LogP contribution < -0.4 is 0 Å². The van der Waals surface area contributed by atoms with Crippen LogP contribution in [0.2, 0.25) is 0 Å². The number of likely N-dealkylation sites (tertiary alicyclic amines) is 1. The molecule has 2 aromatic heterocycles. The van der Waals surface area contributed by atoms with E-state index in [9.17, 15) is 0 Å². The van der Waals surface area contributed by atoms with Crippen molar-refractivity contribution in [3.8, 4) is 0 Å². The zero-order valence-electron chi connectivity index (χ0n) is 13.9. The highest BCUT2D eigenvalue weighted by atomic mass is 16.4. The molecule has 4 rings (SSSR count). The Kier molecular flexibility index (Phi) is 3.88. The topological polar surface area (TPSA) is 72.9 Å². The third kappa shape index (κ3) is 3.44. The highest BCUT2D eigenvalue weighted by Gasteiger charge is 2.30. The van der Waals surface area contributed by atoms with E-state index in [1.807, 2.05) is 18.5 Å². The van der Waals surface area contributed by atoms with Crippen molar-refractivity contribution in [2.24, 2.45) is 5.92 Å². The molecule has 1 aliphatic heterocycles. The molecular formula is C16H24N6O. The van der Waals surface area contributed by atoms with Gasteiger partial charge in [0.15, 0.2) is 0 Å². The monoisotopic (exact) mass is 316 g/mol. The molecule has 2 fully saturated rings. The van der Waals surface area contributed by atoms with Gasteiger partial charge in [-0.3, -0.25) is 4.90 Å². The molecule has 2 aromatic rings. The number of aromatic nitrogens is 5. The van der Waals surface area contributed by atoms with Crippen molar-refractivity contribution in [1.29, 1.82) is 0 Å². The van der Waals surface area contributed by atoms with E-state index in [2.05, 4.69) is 25.2 Å². The van der Waals surface area contributed by atoms with Crippen LogP contribution in [0.4, 0.5) is 0 Å². The van der Waals surface area contributed by atoms with Crippen molar-refractivity contribution in [2.45, 2.75) is 58.5 Å². The largest absolute Gasteiger partial charge is 0.424 e. The van der Waals surface area contributed by atoms with Crippen molar-refractivity contribution in [1.82, 2.24) is 29.9 Å². The van der Waals surface area contributed by atoms with Crippen LogP contribution in [0.15, 0.2) is 4.42 Å². The van der Waals surface area contributed by atoms with Crippen LogP contribution in [0.1, 0.15) is 55.0 Å². The predicted octanol–water partition coefficient (Wildman–Crippen LogP) is 2.07. The molecule has 0 amide bonds. The summed E-state index contributed by atoms with van der Waals surface area (Å²) in [6, 6.07) is 0. The Morgan fingerprint density at radius 2 is 2.04 bits per heavy atom. The Labute approximate surface area is 136 Å². The van der Waals surface area contributed by atoms with E-state index < -0.39 is 0 Å². The summed E-state index contributed by atoms with van der Waals surface area (Å²) in [5.41, 5.74) is 0. The van der Waals surface area contributed by atoms with Crippen molar-refractivity contribution in [3.63, 3.8) is 0 Å². The Morgan fingerprint density at radius 1 is 1.17 bits per heavy atom. The first-order valence-electron chi connectivity index (χ1n) is 8.60. The van der Waals surface area contributed by atoms with Crippen LogP contribution in [0, 0.1) is 19.8 Å². The van der Waals surface area contributed by atoms with Crippen LogP contribution in [-0.2, 0) is 13.1 Å². The molecule has 1 atom stereocenters. The lowest BCUT2D eigenvalue weighted by atomic mass is 9.98. The Morgan fingerprint density at radius 3 is 2.78 bits per heavy atom. The van der Waals surface area contributed by atoms with E-state index in [1.165, 1.54) is 25.7 Å². The molecule has 0 bridgehead atoms. The molecule has 7 heteroatoms. The zero-order valence-corrected chi connectivity index (χ0v) is 13.9. The predicted molar refractivity (Wildman–Crippen MR) is 83.8 cm³/mol. The maximum atomic E-state index is 5.79. The molecule has 1 saturated heterocycles. The highest BCUT2D eigenvalue weighted by molar-refractivity contribution is 5.00. The molecule has 7 nitrogen and oxygen atoms in total. The second kappa shape index (κ2) is 6.03. The van der Waals surface area contributed by atoms with Gasteiger partial charge >= 0.3 is 0 Å². The second-order valence-electron chi connectivity index (χ2n) is 6.94. The van der Waals surface area contributed by atoms with E-state index in [0.29, 0.717) is 11.8 Å². The summed E-state index contributed by atoms with van der Waals surface area (Å²) in [6.07, 6.45) is 4.85. The molecule has 0 aromatic carbocycles. The van der Waals surface area contributed by atoms with E-state index >= 15 is 0 Å². The number of hydrogen-bond acceptors (Lipinski definition) is 6. The zero-order chi connectivity index (χ0) is 15.8. The first kappa shape index (κ1) is 14.8. The molecule has 0 radical (unpaired) electrons. The average Bonchev–Trinajstić information content (AvgIpc) is 3.19. The normalized spacial score (nSPS) is 22.6. The van der Waals surface area contributed by atoms with Crippen LogP contribution in [0.3, 0.4) is 0 Å².